The van der Waals surface area contributed by atoms with E-state index in [1.54, 1.807) is 16.9 Å². The van der Waals surface area contributed by atoms with E-state index in [2.05, 4.69) is 25.6 Å². The summed E-state index contributed by atoms with van der Waals surface area (Å²) in [6.45, 7) is 7.91. The molecule has 24 heavy (non-hydrogen) atoms. The second-order valence-electron chi connectivity index (χ2n) is 5.75. The summed E-state index contributed by atoms with van der Waals surface area (Å²) in [6, 6.07) is 3.92. The average Bonchev–Trinajstić information content (AvgIpc) is 3.11. The maximum absolute atomic E-state index is 12.2. The van der Waals surface area contributed by atoms with Crippen LogP contribution in [0.2, 0.25) is 0 Å². The first-order valence-electron chi connectivity index (χ1n) is 7.61. The van der Waals surface area contributed by atoms with Gasteiger partial charge in [0.15, 0.2) is 5.16 Å². The molecule has 0 unspecified atom stereocenters. The summed E-state index contributed by atoms with van der Waals surface area (Å²) < 4.78 is 3.62. The lowest BCUT2D eigenvalue weighted by atomic mass is 10.3. The molecule has 3 heterocycles. The molecule has 9 heteroatoms. The van der Waals surface area contributed by atoms with Gasteiger partial charge in [0.05, 0.1) is 11.9 Å². The van der Waals surface area contributed by atoms with Crippen LogP contribution in [0.1, 0.15) is 31.3 Å². The normalized spacial score (nSPS) is 11.4. The Morgan fingerprint density at radius 2 is 2.12 bits per heavy atom. The quantitative estimate of drug-likeness (QED) is 0.713. The molecule has 3 aromatic rings. The molecule has 0 fully saturated rings. The van der Waals surface area contributed by atoms with Gasteiger partial charge in [-0.2, -0.15) is 5.10 Å². The number of hydrogen-bond acceptors (Lipinski definition) is 6. The Hall–Kier alpha value is -2.42. The minimum Gasteiger partial charge on any atom is -0.310 e. The molecule has 3 aromatic heterocycles. The summed E-state index contributed by atoms with van der Waals surface area (Å²) in [4.78, 5) is 16.5. The van der Waals surface area contributed by atoms with Gasteiger partial charge < -0.3 is 5.32 Å². The highest BCUT2D eigenvalue weighted by Crippen LogP contribution is 2.19. The number of hydrogen-bond donors (Lipinski definition) is 1. The summed E-state index contributed by atoms with van der Waals surface area (Å²) in [7, 11) is 0. The summed E-state index contributed by atoms with van der Waals surface area (Å²) in [6.07, 6.45) is 1.67. The SMILES string of the molecule is Cc1cc(C)n2c(SCC(=O)Nc3ccnn3C(C)C)nnc2n1. The molecular weight excluding hydrogens is 326 g/mol. The lowest BCUT2D eigenvalue weighted by molar-refractivity contribution is -0.113. The molecule has 3 rings (SSSR count). The zero-order valence-corrected chi connectivity index (χ0v) is 14.8. The van der Waals surface area contributed by atoms with Gasteiger partial charge in [-0.05, 0) is 33.8 Å². The summed E-state index contributed by atoms with van der Waals surface area (Å²) >= 11 is 1.33. The van der Waals surface area contributed by atoms with Crippen molar-refractivity contribution in [1.82, 2.24) is 29.4 Å². The van der Waals surface area contributed by atoms with Crippen LogP contribution in [0.15, 0.2) is 23.5 Å². The van der Waals surface area contributed by atoms with Crippen LogP contribution >= 0.6 is 11.8 Å². The van der Waals surface area contributed by atoms with Gasteiger partial charge in [-0.15, -0.1) is 10.2 Å². The first-order valence-corrected chi connectivity index (χ1v) is 8.60. The van der Waals surface area contributed by atoms with Crippen molar-refractivity contribution in [3.8, 4) is 0 Å². The molecule has 1 N–H and O–H groups in total. The number of amides is 1. The number of carbonyl (C=O) groups excluding carboxylic acids is 1. The van der Waals surface area contributed by atoms with E-state index >= 15 is 0 Å². The summed E-state index contributed by atoms with van der Waals surface area (Å²) in [5, 5.41) is 15.9. The van der Waals surface area contributed by atoms with Crippen LogP contribution in [-0.2, 0) is 4.79 Å². The third-order valence-corrected chi connectivity index (χ3v) is 4.35. The Labute approximate surface area is 143 Å². The van der Waals surface area contributed by atoms with E-state index in [0.717, 1.165) is 11.4 Å². The first kappa shape index (κ1) is 16.4. The number of aryl methyl sites for hydroxylation is 2. The second-order valence-corrected chi connectivity index (χ2v) is 6.69. The third-order valence-electron chi connectivity index (χ3n) is 3.42. The molecule has 8 nitrogen and oxygen atoms in total. The van der Waals surface area contributed by atoms with Gasteiger partial charge in [0, 0.05) is 23.5 Å². The number of carbonyl (C=O) groups is 1. The molecule has 0 aliphatic rings. The maximum Gasteiger partial charge on any atom is 0.256 e. The number of nitrogens with zero attached hydrogens (tertiary/aromatic N) is 6. The number of rotatable bonds is 5. The van der Waals surface area contributed by atoms with Gasteiger partial charge in [-0.1, -0.05) is 11.8 Å². The van der Waals surface area contributed by atoms with Crippen LogP contribution < -0.4 is 5.32 Å². The second kappa shape index (κ2) is 6.60. The van der Waals surface area contributed by atoms with Gasteiger partial charge in [0.1, 0.15) is 5.82 Å². The molecule has 0 spiro atoms. The van der Waals surface area contributed by atoms with Crippen LogP contribution in [0.25, 0.3) is 5.78 Å². The number of anilines is 1. The Bertz CT molecular complexity index is 883. The zero-order chi connectivity index (χ0) is 17.3. The standard InChI is InChI=1S/C15H19N7OS/c1-9(2)22-12(5-6-16-22)18-13(23)8-24-15-20-19-14-17-10(3)7-11(4)21(14)15/h5-7,9H,8H2,1-4H3,(H,18,23). The molecule has 0 radical (unpaired) electrons. The Morgan fingerprint density at radius 1 is 1.33 bits per heavy atom. The number of fused-ring (bicyclic) bond motifs is 1. The van der Waals surface area contributed by atoms with Gasteiger partial charge in [0.25, 0.3) is 5.78 Å². The highest BCUT2D eigenvalue weighted by Gasteiger charge is 2.14. The minimum atomic E-state index is -0.114. The van der Waals surface area contributed by atoms with E-state index < -0.39 is 0 Å². The van der Waals surface area contributed by atoms with Crippen molar-refractivity contribution < 1.29 is 4.79 Å². The summed E-state index contributed by atoms with van der Waals surface area (Å²) in [5.74, 6) is 1.36. The lowest BCUT2D eigenvalue weighted by Crippen LogP contribution is -2.18. The largest absolute Gasteiger partial charge is 0.310 e. The molecule has 0 saturated heterocycles. The fourth-order valence-corrected chi connectivity index (χ4v) is 3.21. The van der Waals surface area contributed by atoms with E-state index in [4.69, 9.17) is 0 Å². The van der Waals surface area contributed by atoms with Crippen LogP contribution in [0.5, 0.6) is 0 Å². The predicted molar refractivity (Wildman–Crippen MR) is 92.2 cm³/mol. The van der Waals surface area contributed by atoms with Crippen molar-refractivity contribution in [1.29, 1.82) is 0 Å². The van der Waals surface area contributed by atoms with Crippen molar-refractivity contribution in [2.45, 2.75) is 38.9 Å². The van der Waals surface area contributed by atoms with Crippen molar-refractivity contribution in [2.75, 3.05) is 11.1 Å². The molecule has 0 atom stereocenters. The number of nitrogens with one attached hydrogen (secondary N) is 1. The van der Waals surface area contributed by atoms with Crippen LogP contribution in [0.3, 0.4) is 0 Å². The van der Waals surface area contributed by atoms with Crippen LogP contribution in [-0.4, -0.2) is 41.0 Å². The molecule has 0 aromatic carbocycles. The number of aromatic nitrogens is 6. The van der Waals surface area contributed by atoms with Crippen molar-refractivity contribution in [3.63, 3.8) is 0 Å². The van der Waals surface area contributed by atoms with Crippen LogP contribution in [0.4, 0.5) is 5.82 Å². The molecule has 0 aliphatic carbocycles. The van der Waals surface area contributed by atoms with E-state index in [-0.39, 0.29) is 17.7 Å². The highest BCUT2D eigenvalue weighted by atomic mass is 32.2. The van der Waals surface area contributed by atoms with Gasteiger partial charge >= 0.3 is 0 Å². The molecular formula is C15H19N7OS. The van der Waals surface area contributed by atoms with E-state index in [1.165, 1.54) is 11.8 Å². The topological polar surface area (TPSA) is 90.0 Å². The lowest BCUT2D eigenvalue weighted by Gasteiger charge is -2.11. The maximum atomic E-state index is 12.2. The Balaban J connectivity index is 1.70. The monoisotopic (exact) mass is 345 g/mol. The van der Waals surface area contributed by atoms with Crippen molar-refractivity contribution in [3.05, 3.63) is 29.7 Å². The zero-order valence-electron chi connectivity index (χ0n) is 14.0. The van der Waals surface area contributed by atoms with E-state index in [0.29, 0.717) is 16.8 Å². The highest BCUT2D eigenvalue weighted by molar-refractivity contribution is 7.99. The smallest absolute Gasteiger partial charge is 0.256 e. The first-order chi connectivity index (χ1) is 11.5. The molecule has 1 amide bonds. The molecule has 126 valence electrons. The van der Waals surface area contributed by atoms with Crippen LogP contribution in [0, 0.1) is 13.8 Å². The predicted octanol–water partition coefficient (Wildman–Crippen LogP) is 2.25. The average molecular weight is 345 g/mol. The molecule has 0 aliphatic heterocycles. The third kappa shape index (κ3) is 3.25. The van der Waals surface area contributed by atoms with Gasteiger partial charge in [0.2, 0.25) is 5.91 Å². The summed E-state index contributed by atoms with van der Waals surface area (Å²) in [5.41, 5.74) is 1.88. The van der Waals surface area contributed by atoms with Crippen molar-refractivity contribution >= 4 is 29.3 Å². The van der Waals surface area contributed by atoms with E-state index in [1.807, 2.05) is 38.2 Å². The molecule has 0 saturated carbocycles. The Kier molecular flexibility index (Phi) is 4.52. The van der Waals surface area contributed by atoms with Gasteiger partial charge in [-0.3, -0.25) is 9.20 Å². The fourth-order valence-electron chi connectivity index (χ4n) is 2.43. The fraction of sp³-hybridized carbons (Fsp3) is 0.400. The van der Waals surface area contributed by atoms with E-state index in [9.17, 15) is 4.79 Å². The molecule has 0 bridgehead atoms. The minimum absolute atomic E-state index is 0.114. The number of thioether (sulfide) groups is 1. The van der Waals surface area contributed by atoms with Gasteiger partial charge in [-0.25, -0.2) is 9.67 Å². The van der Waals surface area contributed by atoms with Crippen molar-refractivity contribution in [2.24, 2.45) is 0 Å². The Morgan fingerprint density at radius 3 is 2.88 bits per heavy atom.